The summed E-state index contributed by atoms with van der Waals surface area (Å²) in [6.45, 7) is 0.316. The smallest absolute Gasteiger partial charge is 0.266 e. The lowest BCUT2D eigenvalue weighted by molar-refractivity contribution is -0.112. The van der Waals surface area contributed by atoms with E-state index in [9.17, 15) is 10.1 Å². The third-order valence-electron chi connectivity index (χ3n) is 4.13. The highest BCUT2D eigenvalue weighted by molar-refractivity contribution is 14.1. The summed E-state index contributed by atoms with van der Waals surface area (Å²) in [6.07, 6.45) is 1.52. The summed E-state index contributed by atoms with van der Waals surface area (Å²) in [5, 5.41) is 13.3. The molecule has 0 heterocycles. The number of amides is 1. The zero-order valence-electron chi connectivity index (χ0n) is 15.8. The minimum atomic E-state index is -0.505. The van der Waals surface area contributed by atoms with E-state index >= 15 is 0 Å². The molecule has 0 saturated carbocycles. The fourth-order valence-corrected chi connectivity index (χ4v) is 4.70. The van der Waals surface area contributed by atoms with E-state index in [0.717, 1.165) is 9.13 Å². The van der Waals surface area contributed by atoms with Crippen molar-refractivity contribution in [2.45, 2.75) is 6.61 Å². The number of nitriles is 1. The average Bonchev–Trinajstić information content (AvgIpc) is 2.74. The number of halogens is 4. The SMILES string of the molecule is N#C/C(=C/c1cc(Br)c(OCc2ccccc2Cl)c(I)c1)C(=O)Nc1ccc(Cl)cc1. The summed E-state index contributed by atoms with van der Waals surface area (Å²) in [5.41, 5.74) is 2.09. The number of rotatable bonds is 6. The third kappa shape index (κ3) is 6.47. The standard InChI is InChI=1S/C23H14BrCl2IN2O2/c24-19-10-14(9-16(12-28)23(30)29-18-7-5-17(25)6-8-18)11-21(27)22(19)31-13-15-3-1-2-4-20(15)26/h1-11H,13H2,(H,29,30)/b16-9-. The molecule has 0 aliphatic heterocycles. The second kappa shape index (κ2) is 11.0. The van der Waals surface area contributed by atoms with Gasteiger partial charge in [-0.3, -0.25) is 4.79 Å². The van der Waals surface area contributed by atoms with Crippen LogP contribution in [0.3, 0.4) is 0 Å². The summed E-state index contributed by atoms with van der Waals surface area (Å²) in [4.78, 5) is 12.5. The largest absolute Gasteiger partial charge is 0.487 e. The average molecular weight is 628 g/mol. The Hall–Kier alpha value is -2.05. The molecule has 31 heavy (non-hydrogen) atoms. The number of ether oxygens (including phenoxy) is 1. The number of nitrogens with zero attached hydrogens (tertiary/aromatic N) is 1. The first-order valence-corrected chi connectivity index (χ1v) is 11.5. The van der Waals surface area contributed by atoms with Crippen molar-refractivity contribution in [2.24, 2.45) is 0 Å². The molecule has 3 aromatic rings. The highest BCUT2D eigenvalue weighted by Gasteiger charge is 2.13. The predicted molar refractivity (Wildman–Crippen MR) is 136 cm³/mol. The Bertz CT molecular complexity index is 1170. The fourth-order valence-electron chi connectivity index (χ4n) is 2.61. The van der Waals surface area contributed by atoms with E-state index in [2.05, 4.69) is 43.8 Å². The first-order valence-electron chi connectivity index (χ1n) is 8.91. The van der Waals surface area contributed by atoms with Gasteiger partial charge in [-0.1, -0.05) is 41.4 Å². The number of carbonyl (C=O) groups is 1. The summed E-state index contributed by atoms with van der Waals surface area (Å²) in [5.74, 6) is 0.150. The van der Waals surface area contributed by atoms with Gasteiger partial charge in [0.2, 0.25) is 0 Å². The molecule has 0 unspecified atom stereocenters. The molecular formula is C23H14BrCl2IN2O2. The van der Waals surface area contributed by atoms with Gasteiger partial charge in [0.05, 0.1) is 8.04 Å². The number of anilines is 1. The van der Waals surface area contributed by atoms with E-state index in [4.69, 9.17) is 27.9 Å². The van der Waals surface area contributed by atoms with Crippen molar-refractivity contribution < 1.29 is 9.53 Å². The minimum absolute atomic E-state index is 0.0256. The topological polar surface area (TPSA) is 62.1 Å². The quantitative estimate of drug-likeness (QED) is 0.175. The Kier molecular flexibility index (Phi) is 8.38. The summed E-state index contributed by atoms with van der Waals surface area (Å²) in [6, 6.07) is 19.7. The molecule has 0 fully saturated rings. The van der Waals surface area contributed by atoms with Gasteiger partial charge in [0.25, 0.3) is 5.91 Å². The van der Waals surface area contributed by atoms with Crippen LogP contribution in [-0.4, -0.2) is 5.91 Å². The number of nitrogens with one attached hydrogen (secondary N) is 1. The molecule has 1 amide bonds. The molecule has 0 aliphatic carbocycles. The van der Waals surface area contributed by atoms with Gasteiger partial charge in [-0.15, -0.1) is 0 Å². The molecule has 3 rings (SSSR count). The van der Waals surface area contributed by atoms with E-state index in [-0.39, 0.29) is 5.57 Å². The number of carbonyl (C=O) groups excluding carboxylic acids is 1. The maximum absolute atomic E-state index is 12.5. The monoisotopic (exact) mass is 626 g/mol. The molecule has 3 aromatic carbocycles. The van der Waals surface area contributed by atoms with E-state index in [1.807, 2.05) is 36.4 Å². The van der Waals surface area contributed by atoms with E-state index < -0.39 is 5.91 Å². The van der Waals surface area contributed by atoms with Crippen LogP contribution >= 0.6 is 61.7 Å². The predicted octanol–water partition coefficient (Wildman–Crippen LogP) is 7.49. The molecule has 0 aliphatic rings. The summed E-state index contributed by atoms with van der Waals surface area (Å²) in [7, 11) is 0. The Morgan fingerprint density at radius 2 is 1.87 bits per heavy atom. The molecule has 0 radical (unpaired) electrons. The molecule has 0 aromatic heterocycles. The van der Waals surface area contributed by atoms with Gasteiger partial charge < -0.3 is 10.1 Å². The fraction of sp³-hybridized carbons (Fsp3) is 0.0435. The zero-order valence-corrected chi connectivity index (χ0v) is 21.1. The normalized spacial score (nSPS) is 11.0. The van der Waals surface area contributed by atoms with Crippen LogP contribution in [0.15, 0.2) is 70.7 Å². The molecule has 0 saturated heterocycles. The van der Waals surface area contributed by atoms with E-state index in [0.29, 0.717) is 38.1 Å². The number of hydrogen-bond donors (Lipinski definition) is 1. The van der Waals surface area contributed by atoms with Gasteiger partial charge in [-0.2, -0.15) is 5.26 Å². The molecule has 4 nitrogen and oxygen atoms in total. The van der Waals surface area contributed by atoms with Crippen molar-refractivity contribution in [1.82, 2.24) is 0 Å². The van der Waals surface area contributed by atoms with Crippen molar-refractivity contribution in [2.75, 3.05) is 5.32 Å². The van der Waals surface area contributed by atoms with Crippen molar-refractivity contribution in [3.05, 3.63) is 95.5 Å². The minimum Gasteiger partial charge on any atom is -0.487 e. The van der Waals surface area contributed by atoms with Crippen LogP contribution in [0.5, 0.6) is 5.75 Å². The van der Waals surface area contributed by atoms with Crippen LogP contribution in [0.25, 0.3) is 6.08 Å². The van der Waals surface area contributed by atoms with Gasteiger partial charge in [0.1, 0.15) is 24.0 Å². The first-order chi connectivity index (χ1) is 14.9. The highest BCUT2D eigenvalue weighted by Crippen LogP contribution is 2.34. The Balaban J connectivity index is 1.77. The number of hydrogen-bond acceptors (Lipinski definition) is 3. The molecule has 0 atom stereocenters. The Morgan fingerprint density at radius 3 is 2.52 bits per heavy atom. The van der Waals surface area contributed by atoms with Crippen molar-refractivity contribution >= 4 is 79.4 Å². The summed E-state index contributed by atoms with van der Waals surface area (Å²) >= 11 is 17.7. The molecular weight excluding hydrogens is 614 g/mol. The van der Waals surface area contributed by atoms with Gasteiger partial charge >= 0.3 is 0 Å². The van der Waals surface area contributed by atoms with Crippen LogP contribution in [0.2, 0.25) is 10.0 Å². The van der Waals surface area contributed by atoms with Crippen LogP contribution in [0.1, 0.15) is 11.1 Å². The maximum Gasteiger partial charge on any atom is 0.266 e. The maximum atomic E-state index is 12.5. The lowest BCUT2D eigenvalue weighted by Crippen LogP contribution is -2.13. The molecule has 1 N–H and O–H groups in total. The van der Waals surface area contributed by atoms with Crippen molar-refractivity contribution in [1.29, 1.82) is 5.26 Å². The third-order valence-corrected chi connectivity index (χ3v) is 6.14. The van der Waals surface area contributed by atoms with E-state index in [1.165, 1.54) is 6.08 Å². The van der Waals surface area contributed by atoms with Crippen LogP contribution < -0.4 is 10.1 Å². The lowest BCUT2D eigenvalue weighted by atomic mass is 10.1. The second-order valence-electron chi connectivity index (χ2n) is 6.32. The van der Waals surface area contributed by atoms with Gasteiger partial charge in [-0.25, -0.2) is 0 Å². The Morgan fingerprint density at radius 1 is 1.16 bits per heavy atom. The summed E-state index contributed by atoms with van der Waals surface area (Å²) < 4.78 is 7.46. The molecule has 0 spiro atoms. The van der Waals surface area contributed by atoms with Gasteiger partial charge in [0, 0.05) is 21.3 Å². The molecule has 156 valence electrons. The van der Waals surface area contributed by atoms with Crippen LogP contribution in [-0.2, 0) is 11.4 Å². The second-order valence-corrected chi connectivity index (χ2v) is 9.18. The van der Waals surface area contributed by atoms with Gasteiger partial charge in [-0.05, 0) is 92.6 Å². The van der Waals surface area contributed by atoms with E-state index in [1.54, 1.807) is 30.3 Å². The van der Waals surface area contributed by atoms with Crippen molar-refractivity contribution in [3.63, 3.8) is 0 Å². The highest BCUT2D eigenvalue weighted by atomic mass is 127. The zero-order chi connectivity index (χ0) is 22.4. The van der Waals surface area contributed by atoms with Crippen LogP contribution in [0, 0.1) is 14.9 Å². The lowest BCUT2D eigenvalue weighted by Gasteiger charge is -2.12. The number of benzene rings is 3. The molecule has 8 heteroatoms. The van der Waals surface area contributed by atoms with Crippen molar-refractivity contribution in [3.8, 4) is 11.8 Å². The van der Waals surface area contributed by atoms with Crippen LogP contribution in [0.4, 0.5) is 5.69 Å². The van der Waals surface area contributed by atoms with Gasteiger partial charge in [0.15, 0.2) is 0 Å². The first kappa shape index (κ1) is 23.6. The molecule has 0 bridgehead atoms. The Labute approximate surface area is 212 Å².